The van der Waals surface area contributed by atoms with Gasteiger partial charge in [-0.15, -0.1) is 11.6 Å². The van der Waals surface area contributed by atoms with Crippen molar-refractivity contribution in [2.45, 2.75) is 11.8 Å². The van der Waals surface area contributed by atoms with Crippen LogP contribution < -0.4 is 0 Å². The molecule has 2 heterocycles. The van der Waals surface area contributed by atoms with Crippen molar-refractivity contribution in [3.63, 3.8) is 0 Å². The number of halogens is 1. The van der Waals surface area contributed by atoms with E-state index < -0.39 is 0 Å². The van der Waals surface area contributed by atoms with Crippen LogP contribution in [0, 0.1) is 0 Å². The molecule has 68 valence electrons. The Balaban J connectivity index is 2.04. The Morgan fingerprint density at radius 1 is 1.54 bits per heavy atom. The molecule has 2 aromatic heterocycles. The van der Waals surface area contributed by atoms with Gasteiger partial charge in [-0.25, -0.2) is 4.98 Å². The predicted octanol–water partition coefficient (Wildman–Crippen LogP) is 1.66. The Labute approximate surface area is 80.3 Å². The van der Waals surface area contributed by atoms with Gasteiger partial charge in [-0.05, 0) is 0 Å². The summed E-state index contributed by atoms with van der Waals surface area (Å²) in [6.45, 7) is 0. The number of H-pyrrole nitrogens is 2. The highest BCUT2D eigenvalue weighted by atomic mass is 35.5. The van der Waals surface area contributed by atoms with Gasteiger partial charge in [-0.1, -0.05) is 0 Å². The minimum atomic E-state index is -0.0788. The van der Waals surface area contributed by atoms with Crippen LogP contribution in [0.1, 0.15) is 16.8 Å². The number of alkyl halides is 1. The topological polar surface area (TPSA) is 57.4 Å². The molecule has 1 unspecified atom stereocenters. The maximum Gasteiger partial charge on any atom is 0.107 e. The highest BCUT2D eigenvalue weighted by molar-refractivity contribution is 6.20. The van der Waals surface area contributed by atoms with Gasteiger partial charge in [0.1, 0.15) is 5.82 Å². The van der Waals surface area contributed by atoms with Crippen molar-refractivity contribution in [3.05, 3.63) is 36.2 Å². The van der Waals surface area contributed by atoms with Crippen LogP contribution in [0.15, 0.2) is 24.8 Å². The molecule has 0 amide bonds. The molecule has 0 saturated carbocycles. The van der Waals surface area contributed by atoms with Crippen LogP contribution in [0.25, 0.3) is 0 Å². The van der Waals surface area contributed by atoms with Gasteiger partial charge in [-0.3, -0.25) is 5.10 Å². The van der Waals surface area contributed by atoms with Gasteiger partial charge in [0.2, 0.25) is 0 Å². The fourth-order valence-electron chi connectivity index (χ4n) is 1.13. The van der Waals surface area contributed by atoms with Crippen molar-refractivity contribution >= 4 is 11.6 Å². The molecule has 0 aliphatic heterocycles. The number of imidazole rings is 1. The number of nitrogens with zero attached hydrogens (tertiary/aromatic N) is 2. The summed E-state index contributed by atoms with van der Waals surface area (Å²) in [5, 5.41) is 6.48. The molecule has 2 aromatic rings. The third kappa shape index (κ3) is 1.89. The summed E-state index contributed by atoms with van der Waals surface area (Å²) in [5.41, 5.74) is 0.984. The van der Waals surface area contributed by atoms with Crippen LogP contribution in [-0.4, -0.2) is 20.2 Å². The molecule has 0 fully saturated rings. The van der Waals surface area contributed by atoms with E-state index >= 15 is 0 Å². The lowest BCUT2D eigenvalue weighted by Crippen LogP contribution is -1.96. The van der Waals surface area contributed by atoms with Crippen molar-refractivity contribution in [2.24, 2.45) is 0 Å². The Bertz CT molecular complexity index is 340. The first-order valence-electron chi connectivity index (χ1n) is 3.97. The molecule has 1 atom stereocenters. The van der Waals surface area contributed by atoms with E-state index in [0.717, 1.165) is 11.4 Å². The summed E-state index contributed by atoms with van der Waals surface area (Å²) in [5.74, 6) is 0.890. The molecule has 0 aliphatic rings. The number of nitrogens with one attached hydrogen (secondary N) is 2. The third-order valence-corrected chi connectivity index (χ3v) is 2.21. The summed E-state index contributed by atoms with van der Waals surface area (Å²) in [7, 11) is 0. The molecule has 2 N–H and O–H groups in total. The Morgan fingerprint density at radius 2 is 2.46 bits per heavy atom. The van der Waals surface area contributed by atoms with Crippen molar-refractivity contribution in [3.8, 4) is 0 Å². The first kappa shape index (κ1) is 8.31. The molecule has 13 heavy (non-hydrogen) atoms. The Kier molecular flexibility index (Phi) is 2.31. The standard InChI is InChI=1S/C8H9ClN4/c9-7(6-4-12-13-5-6)3-8-10-1-2-11-8/h1-2,4-5,7H,3H2,(H,10,11)(H,12,13). The van der Waals surface area contributed by atoms with Gasteiger partial charge in [0, 0.05) is 30.6 Å². The van der Waals surface area contributed by atoms with Gasteiger partial charge in [-0.2, -0.15) is 5.10 Å². The van der Waals surface area contributed by atoms with Crippen molar-refractivity contribution in [1.29, 1.82) is 0 Å². The average Bonchev–Trinajstić information content (AvgIpc) is 2.74. The molecule has 0 saturated heterocycles. The highest BCUT2D eigenvalue weighted by Crippen LogP contribution is 2.22. The van der Waals surface area contributed by atoms with E-state index in [1.54, 1.807) is 24.8 Å². The Hall–Kier alpha value is -1.29. The van der Waals surface area contributed by atoms with Gasteiger partial charge in [0.25, 0.3) is 0 Å². The molecule has 0 aromatic carbocycles. The summed E-state index contributed by atoms with van der Waals surface area (Å²) < 4.78 is 0. The maximum atomic E-state index is 6.12. The quantitative estimate of drug-likeness (QED) is 0.734. The minimum absolute atomic E-state index is 0.0788. The van der Waals surface area contributed by atoms with Crippen LogP contribution in [0.4, 0.5) is 0 Å². The van der Waals surface area contributed by atoms with E-state index in [4.69, 9.17) is 11.6 Å². The largest absolute Gasteiger partial charge is 0.349 e. The second-order valence-electron chi connectivity index (χ2n) is 2.74. The Morgan fingerprint density at radius 3 is 3.08 bits per heavy atom. The molecule has 0 spiro atoms. The van der Waals surface area contributed by atoms with Crippen molar-refractivity contribution in [1.82, 2.24) is 20.2 Å². The van der Waals surface area contributed by atoms with Gasteiger partial charge >= 0.3 is 0 Å². The van der Waals surface area contributed by atoms with Crippen LogP contribution in [-0.2, 0) is 6.42 Å². The van der Waals surface area contributed by atoms with Crippen LogP contribution >= 0.6 is 11.6 Å². The number of rotatable bonds is 3. The van der Waals surface area contributed by atoms with Crippen molar-refractivity contribution < 1.29 is 0 Å². The molecule has 4 nitrogen and oxygen atoms in total. The summed E-state index contributed by atoms with van der Waals surface area (Å²) in [4.78, 5) is 7.10. The summed E-state index contributed by atoms with van der Waals surface area (Å²) >= 11 is 6.12. The fourth-order valence-corrected chi connectivity index (χ4v) is 1.39. The van der Waals surface area contributed by atoms with Crippen LogP contribution in [0.3, 0.4) is 0 Å². The number of hydrogen-bond acceptors (Lipinski definition) is 2. The van der Waals surface area contributed by atoms with Crippen LogP contribution in [0.5, 0.6) is 0 Å². The lowest BCUT2D eigenvalue weighted by molar-refractivity contribution is 0.856. The molecule has 2 rings (SSSR count). The second kappa shape index (κ2) is 3.62. The van der Waals surface area contributed by atoms with E-state index in [1.807, 2.05) is 0 Å². The first-order valence-corrected chi connectivity index (χ1v) is 4.41. The highest BCUT2D eigenvalue weighted by Gasteiger charge is 2.10. The zero-order valence-corrected chi connectivity index (χ0v) is 7.62. The maximum absolute atomic E-state index is 6.12. The van der Waals surface area contributed by atoms with Gasteiger partial charge in [0.05, 0.1) is 11.6 Å². The van der Waals surface area contributed by atoms with E-state index in [-0.39, 0.29) is 5.38 Å². The van der Waals surface area contributed by atoms with E-state index in [9.17, 15) is 0 Å². The lowest BCUT2D eigenvalue weighted by Gasteiger charge is -2.03. The molecule has 0 radical (unpaired) electrons. The molecule has 0 aliphatic carbocycles. The average molecular weight is 197 g/mol. The number of aromatic nitrogens is 4. The lowest BCUT2D eigenvalue weighted by atomic mass is 10.2. The SMILES string of the molecule is ClC(Cc1ncc[nH]1)c1cn[nH]c1. The summed E-state index contributed by atoms with van der Waals surface area (Å²) in [6, 6.07) is 0. The van der Waals surface area contributed by atoms with Crippen LogP contribution in [0.2, 0.25) is 0 Å². The smallest absolute Gasteiger partial charge is 0.107 e. The minimum Gasteiger partial charge on any atom is -0.349 e. The zero-order chi connectivity index (χ0) is 9.10. The molecule has 5 heteroatoms. The molecular formula is C8H9ClN4. The van der Waals surface area contributed by atoms with E-state index in [1.165, 1.54) is 0 Å². The van der Waals surface area contributed by atoms with E-state index in [0.29, 0.717) is 6.42 Å². The molecule has 0 bridgehead atoms. The van der Waals surface area contributed by atoms with Gasteiger partial charge < -0.3 is 4.98 Å². The monoisotopic (exact) mass is 196 g/mol. The normalized spacial score (nSPS) is 13.0. The summed E-state index contributed by atoms with van der Waals surface area (Å²) in [6.07, 6.45) is 7.71. The fraction of sp³-hybridized carbons (Fsp3) is 0.250. The van der Waals surface area contributed by atoms with Gasteiger partial charge in [0.15, 0.2) is 0 Å². The molecular weight excluding hydrogens is 188 g/mol. The van der Waals surface area contributed by atoms with Crippen molar-refractivity contribution in [2.75, 3.05) is 0 Å². The zero-order valence-electron chi connectivity index (χ0n) is 6.87. The van der Waals surface area contributed by atoms with E-state index in [2.05, 4.69) is 20.2 Å². The predicted molar refractivity (Wildman–Crippen MR) is 49.5 cm³/mol. The first-order chi connectivity index (χ1) is 6.36. The number of aromatic amines is 2. The second-order valence-corrected chi connectivity index (χ2v) is 3.27. The third-order valence-electron chi connectivity index (χ3n) is 1.81. The number of hydrogen-bond donors (Lipinski definition) is 2.